The third kappa shape index (κ3) is 9.10. The van der Waals surface area contributed by atoms with Crippen LogP contribution in [0.25, 0.3) is 0 Å². The monoisotopic (exact) mass is 307 g/mol. The maximum atomic E-state index is 8.52. The van der Waals surface area contributed by atoms with Crippen LogP contribution in [0.5, 0.6) is 11.5 Å². The molecule has 0 heterocycles. The quantitative estimate of drug-likeness (QED) is 0.224. The van der Waals surface area contributed by atoms with Gasteiger partial charge in [0.15, 0.2) is 11.5 Å². The Morgan fingerprint density at radius 2 is 1.80 bits per heavy atom. The number of ether oxygens (including phenoxy) is 2. The minimum absolute atomic E-state index is 0.324. The first-order valence-electron chi connectivity index (χ1n) is 5.26. The van der Waals surface area contributed by atoms with Gasteiger partial charge in [0.2, 0.25) is 0 Å². The lowest BCUT2D eigenvalue weighted by molar-refractivity contribution is -0.584. The number of quaternary nitrogens is 1. The molecule has 0 saturated carbocycles. The molecule has 0 aliphatic heterocycles. The van der Waals surface area contributed by atoms with E-state index in [1.54, 1.807) is 19.5 Å². The summed E-state index contributed by atoms with van der Waals surface area (Å²) in [6.45, 7) is 0.683. The van der Waals surface area contributed by atoms with E-state index in [0.29, 0.717) is 24.0 Å². The third-order valence-corrected chi connectivity index (χ3v) is 2.02. The largest absolute Gasteiger partial charge is 0.759 e. The van der Waals surface area contributed by atoms with Crippen molar-refractivity contribution < 1.29 is 37.7 Å². The molecular weight excluding hydrogens is 290 g/mol. The van der Waals surface area contributed by atoms with Crippen LogP contribution in [0.15, 0.2) is 18.2 Å². The van der Waals surface area contributed by atoms with Gasteiger partial charge in [-0.25, -0.2) is 16.5 Å². The fourth-order valence-corrected chi connectivity index (χ4v) is 1.24. The number of benzene rings is 1. The van der Waals surface area contributed by atoms with Crippen LogP contribution in [0.1, 0.15) is 5.56 Å². The molecule has 20 heavy (non-hydrogen) atoms. The number of guanidine groups is 1. The van der Waals surface area contributed by atoms with E-state index in [0.717, 1.165) is 5.56 Å². The van der Waals surface area contributed by atoms with Crippen molar-refractivity contribution in [3.05, 3.63) is 23.8 Å². The molecule has 114 valence electrons. The summed E-state index contributed by atoms with van der Waals surface area (Å²) < 4.78 is 44.4. The van der Waals surface area contributed by atoms with Crippen LogP contribution in [-0.4, -0.2) is 37.7 Å². The summed E-state index contributed by atoms with van der Waals surface area (Å²) in [5.41, 5.74) is 6.42. The average molecular weight is 307 g/mol. The average Bonchev–Trinajstić information content (AvgIpc) is 2.33. The van der Waals surface area contributed by atoms with Gasteiger partial charge in [0.1, 0.15) is 6.54 Å². The predicted molar refractivity (Wildman–Crippen MR) is 66.8 cm³/mol. The van der Waals surface area contributed by atoms with E-state index < -0.39 is 10.4 Å². The zero-order chi connectivity index (χ0) is 15.8. The summed E-state index contributed by atoms with van der Waals surface area (Å²) in [5, 5.41) is 7.10. The first kappa shape index (κ1) is 18.1. The smallest absolute Gasteiger partial charge is 0.434 e. The number of methoxy groups -OCH3 is 2. The Balaban J connectivity index is 0.000000621. The topological polar surface area (TPSA) is 167 Å². The Morgan fingerprint density at radius 3 is 2.20 bits per heavy atom. The van der Waals surface area contributed by atoms with Gasteiger partial charge in [0, 0.05) is 16.0 Å². The van der Waals surface area contributed by atoms with Gasteiger partial charge >= 0.3 is 5.96 Å². The molecule has 1 aromatic rings. The van der Waals surface area contributed by atoms with Gasteiger partial charge in [-0.15, -0.1) is 0 Å². The van der Waals surface area contributed by atoms with Crippen LogP contribution < -0.4 is 25.9 Å². The van der Waals surface area contributed by atoms with Crippen molar-refractivity contribution in [1.29, 1.82) is 0 Å². The Kier molecular flexibility index (Phi) is 7.54. The van der Waals surface area contributed by atoms with Gasteiger partial charge in [-0.05, 0) is 18.2 Å². The van der Waals surface area contributed by atoms with Gasteiger partial charge in [-0.3, -0.25) is 8.42 Å². The molecule has 0 aromatic heterocycles. The predicted octanol–water partition coefficient (Wildman–Crippen LogP) is -3.50. The molecule has 0 radical (unpaired) electrons. The summed E-state index contributed by atoms with van der Waals surface area (Å²) in [6.07, 6.45) is 0. The molecule has 6 N–H and O–H groups in total. The second-order valence-corrected chi connectivity index (χ2v) is 4.32. The van der Waals surface area contributed by atoms with Gasteiger partial charge < -0.3 is 18.6 Å². The van der Waals surface area contributed by atoms with E-state index in [9.17, 15) is 0 Å². The standard InChI is InChI=1S/C10H15N3O2.H2O4S/c1-14-8-4-3-7(5-9(8)15-2)6-13-10(11)12;1-5(2,3)4/h3-5H,6H2,1-2H3,(H4,11,12,13);(H2,1,2,3,4). The molecule has 1 rings (SSSR count). The SMILES string of the molecule is COc1ccc(C[NH2+]C(N)=[NH2+])cc1OC.O=S(=O)([O-])[O-]. The van der Waals surface area contributed by atoms with Gasteiger partial charge in [0.25, 0.3) is 0 Å². The van der Waals surface area contributed by atoms with Crippen LogP contribution >= 0.6 is 0 Å². The van der Waals surface area contributed by atoms with E-state index in [2.05, 4.69) is 0 Å². The molecule has 0 atom stereocenters. The molecular formula is C10H17N3O6S. The number of hydrogen-bond acceptors (Lipinski definition) is 6. The lowest BCUT2D eigenvalue weighted by Gasteiger charge is -2.08. The first-order chi connectivity index (χ1) is 9.17. The lowest BCUT2D eigenvalue weighted by Crippen LogP contribution is -2.95. The molecule has 10 heteroatoms. The van der Waals surface area contributed by atoms with Crippen LogP contribution in [0.4, 0.5) is 0 Å². The summed E-state index contributed by atoms with van der Waals surface area (Å²) in [7, 11) is -1.95. The lowest BCUT2D eigenvalue weighted by atomic mass is 10.2. The molecule has 0 bridgehead atoms. The second kappa shape index (κ2) is 8.32. The van der Waals surface area contributed by atoms with Crippen molar-refractivity contribution in [1.82, 2.24) is 0 Å². The molecule has 9 nitrogen and oxygen atoms in total. The molecule has 0 saturated heterocycles. The van der Waals surface area contributed by atoms with Crippen LogP contribution in [0, 0.1) is 0 Å². The maximum absolute atomic E-state index is 8.52. The molecule has 1 aromatic carbocycles. The van der Waals surface area contributed by atoms with Crippen molar-refractivity contribution in [3.8, 4) is 11.5 Å². The zero-order valence-corrected chi connectivity index (χ0v) is 11.8. The fourth-order valence-electron chi connectivity index (χ4n) is 1.24. The molecule has 0 aliphatic carbocycles. The van der Waals surface area contributed by atoms with Crippen molar-refractivity contribution in [2.75, 3.05) is 14.2 Å². The molecule has 0 fully saturated rings. The minimum Gasteiger partial charge on any atom is -0.759 e. The van der Waals surface area contributed by atoms with E-state index in [4.69, 9.17) is 38.1 Å². The highest BCUT2D eigenvalue weighted by Crippen LogP contribution is 2.26. The summed E-state index contributed by atoms with van der Waals surface area (Å²) in [4.78, 5) is 0. The normalized spacial score (nSPS) is 10.2. The second-order valence-electron chi connectivity index (χ2n) is 3.51. The van der Waals surface area contributed by atoms with Gasteiger partial charge in [0.05, 0.1) is 14.2 Å². The summed E-state index contributed by atoms with van der Waals surface area (Å²) >= 11 is 0. The first-order valence-corrected chi connectivity index (χ1v) is 6.59. The fraction of sp³-hybridized carbons (Fsp3) is 0.300. The highest BCUT2D eigenvalue weighted by atomic mass is 32.3. The summed E-state index contributed by atoms with van der Waals surface area (Å²) in [6, 6.07) is 5.70. The molecule has 0 spiro atoms. The van der Waals surface area contributed by atoms with E-state index in [1.165, 1.54) is 0 Å². The molecule has 0 amide bonds. The Morgan fingerprint density at radius 1 is 1.30 bits per heavy atom. The van der Waals surface area contributed by atoms with Crippen LogP contribution in [-0.2, 0) is 16.9 Å². The van der Waals surface area contributed by atoms with Crippen molar-refractivity contribution in [2.45, 2.75) is 6.54 Å². The summed E-state index contributed by atoms with van der Waals surface area (Å²) in [5.74, 6) is 1.75. The van der Waals surface area contributed by atoms with Crippen LogP contribution in [0.2, 0.25) is 0 Å². The Hall–Kier alpha value is -1.88. The maximum Gasteiger partial charge on any atom is 0.434 e. The molecule has 0 aliphatic rings. The number of rotatable bonds is 4. The van der Waals surface area contributed by atoms with Crippen LogP contribution in [0.3, 0.4) is 0 Å². The minimum atomic E-state index is -5.17. The molecule has 0 unspecified atom stereocenters. The van der Waals surface area contributed by atoms with Gasteiger partial charge in [-0.2, -0.15) is 0 Å². The third-order valence-electron chi connectivity index (χ3n) is 2.02. The zero-order valence-electron chi connectivity index (χ0n) is 11.0. The highest BCUT2D eigenvalue weighted by Gasteiger charge is 2.06. The van der Waals surface area contributed by atoms with Crippen molar-refractivity contribution in [3.63, 3.8) is 0 Å². The van der Waals surface area contributed by atoms with E-state index >= 15 is 0 Å². The van der Waals surface area contributed by atoms with E-state index in [-0.39, 0.29) is 0 Å². The van der Waals surface area contributed by atoms with E-state index in [1.807, 2.05) is 18.2 Å². The Labute approximate surface area is 116 Å². The van der Waals surface area contributed by atoms with Crippen molar-refractivity contribution in [2.24, 2.45) is 5.73 Å². The van der Waals surface area contributed by atoms with Crippen molar-refractivity contribution >= 4 is 16.4 Å². The van der Waals surface area contributed by atoms with Gasteiger partial charge in [-0.1, -0.05) is 0 Å². The highest BCUT2D eigenvalue weighted by molar-refractivity contribution is 7.79. The Bertz CT molecular complexity index is 538. The number of nitrogens with two attached hydrogens (primary N) is 3. The number of hydrogen-bond donors (Lipinski definition) is 3.